The van der Waals surface area contributed by atoms with E-state index >= 15 is 0 Å². The van der Waals surface area contributed by atoms with Crippen LogP contribution in [0.4, 0.5) is 0 Å². The molecule has 3 fully saturated rings. The lowest BCUT2D eigenvalue weighted by molar-refractivity contribution is -0.117. The van der Waals surface area contributed by atoms with Crippen LogP contribution in [0.3, 0.4) is 0 Å². The number of allylic oxidation sites excluding steroid dienone is 3. The van der Waals surface area contributed by atoms with Gasteiger partial charge in [-0.15, -0.1) is 0 Å². The van der Waals surface area contributed by atoms with Gasteiger partial charge in [-0.3, -0.25) is 9.59 Å². The standard InChI is InChI=1S/C21H28O2/c1-4-16-19(23)12-18-15-6-5-13-11-14(22)7-9-20(13,2)17(15)8-10-21(16,18)3/h4,11,15,17-18H,5-10,12H2,1-3H3/t15?,17?,18?,20-,21+/m0/s1. The summed E-state index contributed by atoms with van der Waals surface area (Å²) in [5, 5.41) is 0. The Hall–Kier alpha value is -1.18. The zero-order valence-electron chi connectivity index (χ0n) is 14.7. The normalized spacial score (nSPS) is 47.9. The molecule has 4 rings (SSSR count). The first-order valence-corrected chi connectivity index (χ1v) is 9.34. The first kappa shape index (κ1) is 15.4. The summed E-state index contributed by atoms with van der Waals surface area (Å²) in [6.45, 7) is 6.77. The van der Waals surface area contributed by atoms with Gasteiger partial charge in [0.15, 0.2) is 11.6 Å². The fourth-order valence-corrected chi connectivity index (χ4v) is 6.71. The van der Waals surface area contributed by atoms with Crippen LogP contribution in [0, 0.1) is 28.6 Å². The maximum atomic E-state index is 12.5. The molecule has 3 saturated carbocycles. The second-order valence-electron chi connectivity index (χ2n) is 8.75. The highest BCUT2D eigenvalue weighted by Gasteiger charge is 2.59. The smallest absolute Gasteiger partial charge is 0.159 e. The van der Waals surface area contributed by atoms with Gasteiger partial charge < -0.3 is 0 Å². The van der Waals surface area contributed by atoms with Crippen LogP contribution < -0.4 is 0 Å². The van der Waals surface area contributed by atoms with E-state index in [1.165, 1.54) is 18.4 Å². The number of ketones is 2. The number of Topliss-reactive ketones (excluding diaryl/α,β-unsaturated/α-hetero) is 1. The summed E-state index contributed by atoms with van der Waals surface area (Å²) >= 11 is 0. The fraction of sp³-hybridized carbons (Fsp3) is 0.714. The molecular weight excluding hydrogens is 284 g/mol. The van der Waals surface area contributed by atoms with Gasteiger partial charge in [0, 0.05) is 12.8 Å². The third-order valence-electron chi connectivity index (χ3n) is 7.96. The molecule has 0 amide bonds. The molecule has 2 heteroatoms. The van der Waals surface area contributed by atoms with Crippen molar-refractivity contribution in [2.75, 3.05) is 0 Å². The van der Waals surface area contributed by atoms with Gasteiger partial charge in [0.25, 0.3) is 0 Å². The topological polar surface area (TPSA) is 34.1 Å². The Morgan fingerprint density at radius 1 is 1.04 bits per heavy atom. The average molecular weight is 312 g/mol. The zero-order valence-corrected chi connectivity index (χ0v) is 14.7. The van der Waals surface area contributed by atoms with E-state index in [-0.39, 0.29) is 10.8 Å². The molecule has 23 heavy (non-hydrogen) atoms. The minimum Gasteiger partial charge on any atom is -0.295 e. The highest BCUT2D eigenvalue weighted by atomic mass is 16.1. The summed E-state index contributed by atoms with van der Waals surface area (Å²) < 4.78 is 0. The van der Waals surface area contributed by atoms with E-state index < -0.39 is 0 Å². The van der Waals surface area contributed by atoms with Crippen molar-refractivity contribution < 1.29 is 9.59 Å². The van der Waals surface area contributed by atoms with Crippen molar-refractivity contribution in [2.45, 2.75) is 65.7 Å². The molecule has 0 aliphatic heterocycles. The monoisotopic (exact) mass is 312 g/mol. The van der Waals surface area contributed by atoms with Gasteiger partial charge >= 0.3 is 0 Å². The summed E-state index contributed by atoms with van der Waals surface area (Å²) in [6, 6.07) is 0. The Kier molecular flexibility index (Phi) is 3.28. The van der Waals surface area contributed by atoms with Crippen molar-refractivity contribution in [3.63, 3.8) is 0 Å². The van der Waals surface area contributed by atoms with E-state index in [0.29, 0.717) is 35.7 Å². The maximum Gasteiger partial charge on any atom is 0.159 e. The van der Waals surface area contributed by atoms with E-state index in [1.54, 1.807) is 0 Å². The summed E-state index contributed by atoms with van der Waals surface area (Å²) in [6.07, 6.45) is 11.1. The largest absolute Gasteiger partial charge is 0.295 e. The number of carbonyl (C=O) groups is 2. The summed E-state index contributed by atoms with van der Waals surface area (Å²) in [7, 11) is 0. The van der Waals surface area contributed by atoms with Gasteiger partial charge in [-0.2, -0.15) is 0 Å². The van der Waals surface area contributed by atoms with E-state index in [4.69, 9.17) is 0 Å². The molecule has 4 aliphatic rings. The zero-order chi connectivity index (χ0) is 16.4. The van der Waals surface area contributed by atoms with Crippen LogP contribution >= 0.6 is 0 Å². The molecule has 0 bridgehead atoms. The van der Waals surface area contributed by atoms with Gasteiger partial charge in [-0.05, 0) is 79.3 Å². The Morgan fingerprint density at radius 2 is 1.83 bits per heavy atom. The number of hydrogen-bond donors (Lipinski definition) is 0. The average Bonchev–Trinajstić information content (AvgIpc) is 2.77. The molecule has 0 N–H and O–H groups in total. The minimum atomic E-state index is 0.106. The van der Waals surface area contributed by atoms with Crippen molar-refractivity contribution in [1.29, 1.82) is 0 Å². The van der Waals surface area contributed by atoms with Crippen molar-refractivity contribution in [3.8, 4) is 0 Å². The Labute approximate surface area is 139 Å². The lowest BCUT2D eigenvalue weighted by Crippen LogP contribution is -2.49. The number of rotatable bonds is 0. The number of carbonyl (C=O) groups excluding carboxylic acids is 2. The van der Waals surface area contributed by atoms with Crippen LogP contribution in [-0.4, -0.2) is 11.6 Å². The highest BCUT2D eigenvalue weighted by Crippen LogP contribution is 2.65. The summed E-state index contributed by atoms with van der Waals surface area (Å²) in [5.74, 6) is 2.56. The molecule has 0 heterocycles. The molecule has 0 aromatic heterocycles. The molecule has 0 radical (unpaired) electrons. The molecule has 0 spiro atoms. The van der Waals surface area contributed by atoms with E-state index in [1.807, 2.05) is 13.0 Å². The second kappa shape index (κ2) is 4.91. The van der Waals surface area contributed by atoms with E-state index in [9.17, 15) is 9.59 Å². The van der Waals surface area contributed by atoms with Gasteiger partial charge in [-0.1, -0.05) is 25.5 Å². The lowest BCUT2D eigenvalue weighted by atomic mass is 9.47. The van der Waals surface area contributed by atoms with Crippen molar-refractivity contribution >= 4 is 11.6 Å². The van der Waals surface area contributed by atoms with Crippen LogP contribution in [0.5, 0.6) is 0 Å². The van der Waals surface area contributed by atoms with Gasteiger partial charge in [0.2, 0.25) is 0 Å². The molecule has 0 aromatic carbocycles. The predicted molar refractivity (Wildman–Crippen MR) is 90.9 cm³/mol. The third kappa shape index (κ3) is 1.93. The van der Waals surface area contributed by atoms with Crippen LogP contribution in [0.1, 0.15) is 65.7 Å². The molecular formula is C21H28O2. The number of fused-ring (bicyclic) bond motifs is 5. The third-order valence-corrected chi connectivity index (χ3v) is 7.96. The van der Waals surface area contributed by atoms with Crippen LogP contribution in [0.2, 0.25) is 0 Å². The SMILES string of the molecule is CC=C1C(=O)CC2C3CCC4=CC(=O)CC[C@]4(C)C3CC[C@]12C. The first-order valence-electron chi connectivity index (χ1n) is 9.34. The van der Waals surface area contributed by atoms with Crippen molar-refractivity contribution in [2.24, 2.45) is 28.6 Å². The van der Waals surface area contributed by atoms with Gasteiger partial charge in [-0.25, -0.2) is 0 Å². The molecule has 124 valence electrons. The molecule has 4 aliphatic carbocycles. The lowest BCUT2D eigenvalue weighted by Gasteiger charge is -2.57. The van der Waals surface area contributed by atoms with Crippen molar-refractivity contribution in [3.05, 3.63) is 23.3 Å². The molecule has 5 atom stereocenters. The highest BCUT2D eigenvalue weighted by molar-refractivity contribution is 5.99. The van der Waals surface area contributed by atoms with Crippen LogP contribution in [0.25, 0.3) is 0 Å². The van der Waals surface area contributed by atoms with Gasteiger partial charge in [0.1, 0.15) is 0 Å². The first-order chi connectivity index (χ1) is 10.9. The molecule has 3 unspecified atom stereocenters. The maximum absolute atomic E-state index is 12.5. The molecule has 2 nitrogen and oxygen atoms in total. The summed E-state index contributed by atoms with van der Waals surface area (Å²) in [4.78, 5) is 24.4. The van der Waals surface area contributed by atoms with Crippen molar-refractivity contribution in [1.82, 2.24) is 0 Å². The van der Waals surface area contributed by atoms with E-state index in [0.717, 1.165) is 31.3 Å². The van der Waals surface area contributed by atoms with E-state index in [2.05, 4.69) is 19.9 Å². The quantitative estimate of drug-likeness (QED) is 0.610. The van der Waals surface area contributed by atoms with Gasteiger partial charge in [0.05, 0.1) is 0 Å². The van der Waals surface area contributed by atoms with Crippen LogP contribution in [-0.2, 0) is 9.59 Å². The second-order valence-corrected chi connectivity index (χ2v) is 8.75. The molecule has 0 aromatic rings. The predicted octanol–water partition coefficient (Wildman–Crippen LogP) is 4.64. The summed E-state index contributed by atoms with van der Waals surface area (Å²) in [5.41, 5.74) is 2.83. The Morgan fingerprint density at radius 3 is 2.57 bits per heavy atom. The number of hydrogen-bond acceptors (Lipinski definition) is 2. The Bertz CT molecular complexity index is 640. The Balaban J connectivity index is 1.72. The molecule has 0 saturated heterocycles. The van der Waals surface area contributed by atoms with Crippen LogP contribution in [0.15, 0.2) is 23.3 Å². The fourth-order valence-electron chi connectivity index (χ4n) is 6.71. The minimum absolute atomic E-state index is 0.106.